The molecule has 0 spiro atoms. The third kappa shape index (κ3) is 4.48. The molecule has 3 unspecified atom stereocenters. The van der Waals surface area contributed by atoms with Gasteiger partial charge in [0.15, 0.2) is 0 Å². The molecule has 0 aliphatic heterocycles. The molecule has 0 saturated heterocycles. The van der Waals surface area contributed by atoms with E-state index in [1.54, 1.807) is 12.1 Å². The van der Waals surface area contributed by atoms with E-state index in [4.69, 9.17) is 5.11 Å². The van der Waals surface area contributed by atoms with E-state index >= 15 is 0 Å². The van der Waals surface area contributed by atoms with Crippen LogP contribution >= 0.6 is 0 Å². The number of benzene rings is 1. The minimum absolute atomic E-state index is 0.0397. The Labute approximate surface area is 124 Å². The Bertz CT molecular complexity index is 513. The van der Waals surface area contributed by atoms with Crippen molar-refractivity contribution >= 4 is 17.7 Å². The number of anilines is 1. The van der Waals surface area contributed by atoms with Crippen LogP contribution in [0.3, 0.4) is 0 Å². The minimum Gasteiger partial charge on any atom is -0.481 e. The van der Waals surface area contributed by atoms with Gasteiger partial charge in [-0.25, -0.2) is 4.79 Å². The molecule has 2 rings (SSSR count). The predicted octanol–water partition coefficient (Wildman–Crippen LogP) is 3.18. The number of nitrogens with one attached hydrogen (secondary N) is 2. The van der Waals surface area contributed by atoms with Crippen molar-refractivity contribution in [2.75, 3.05) is 5.32 Å². The number of carboxylic acids is 1. The summed E-state index contributed by atoms with van der Waals surface area (Å²) >= 11 is 0. The van der Waals surface area contributed by atoms with Crippen molar-refractivity contribution in [3.63, 3.8) is 0 Å². The van der Waals surface area contributed by atoms with Crippen LogP contribution in [0, 0.1) is 5.92 Å². The topological polar surface area (TPSA) is 78.4 Å². The van der Waals surface area contributed by atoms with Crippen molar-refractivity contribution in [1.29, 1.82) is 0 Å². The Morgan fingerprint density at radius 2 is 2.00 bits per heavy atom. The molecule has 1 aromatic carbocycles. The lowest BCUT2D eigenvalue weighted by Gasteiger charge is -2.11. The van der Waals surface area contributed by atoms with Crippen LogP contribution in [0.1, 0.15) is 44.6 Å². The van der Waals surface area contributed by atoms with Crippen molar-refractivity contribution < 1.29 is 14.7 Å². The van der Waals surface area contributed by atoms with Gasteiger partial charge in [-0.15, -0.1) is 0 Å². The average molecular weight is 290 g/mol. The van der Waals surface area contributed by atoms with Gasteiger partial charge in [-0.2, -0.15) is 0 Å². The molecule has 3 atom stereocenters. The zero-order valence-corrected chi connectivity index (χ0v) is 12.4. The first kappa shape index (κ1) is 15.4. The Hall–Kier alpha value is -2.04. The molecule has 1 saturated carbocycles. The van der Waals surface area contributed by atoms with Gasteiger partial charge in [0.05, 0.1) is 6.42 Å². The normalized spacial score (nSPS) is 21.4. The van der Waals surface area contributed by atoms with Gasteiger partial charge in [0.25, 0.3) is 0 Å². The number of aliphatic carboxylic acids is 1. The van der Waals surface area contributed by atoms with Gasteiger partial charge in [-0.3, -0.25) is 4.79 Å². The third-order valence-corrected chi connectivity index (χ3v) is 3.98. The summed E-state index contributed by atoms with van der Waals surface area (Å²) in [6, 6.07) is 7.45. The maximum absolute atomic E-state index is 11.8. The number of carbonyl (C=O) groups is 2. The van der Waals surface area contributed by atoms with Gasteiger partial charge >= 0.3 is 12.0 Å². The van der Waals surface area contributed by atoms with Crippen LogP contribution < -0.4 is 10.6 Å². The highest BCUT2D eigenvalue weighted by Crippen LogP contribution is 2.33. The van der Waals surface area contributed by atoms with Gasteiger partial charge in [-0.05, 0) is 36.0 Å². The van der Waals surface area contributed by atoms with Crippen LogP contribution in [-0.4, -0.2) is 23.1 Å². The van der Waals surface area contributed by atoms with Crippen molar-refractivity contribution in [2.45, 2.75) is 45.1 Å². The summed E-state index contributed by atoms with van der Waals surface area (Å²) in [5.41, 5.74) is 1.67. The summed E-state index contributed by atoms with van der Waals surface area (Å²) in [4.78, 5) is 22.5. The minimum atomic E-state index is -0.806. The first-order valence-electron chi connectivity index (χ1n) is 7.38. The Kier molecular flexibility index (Phi) is 4.83. The molecule has 5 nitrogen and oxygen atoms in total. The SMILES string of the molecule is CCC1CC1NC(=O)Nc1ccc(C(C)CC(=O)O)cc1. The molecular weight excluding hydrogens is 268 g/mol. The Morgan fingerprint density at radius 3 is 2.52 bits per heavy atom. The van der Waals surface area contributed by atoms with Crippen LogP contribution in [0.5, 0.6) is 0 Å². The number of urea groups is 1. The molecule has 5 heteroatoms. The molecule has 114 valence electrons. The smallest absolute Gasteiger partial charge is 0.319 e. The summed E-state index contributed by atoms with van der Waals surface area (Å²) in [6.07, 6.45) is 2.27. The summed E-state index contributed by atoms with van der Waals surface area (Å²) < 4.78 is 0. The molecule has 1 aliphatic carbocycles. The van der Waals surface area contributed by atoms with Crippen molar-refractivity contribution in [3.05, 3.63) is 29.8 Å². The van der Waals surface area contributed by atoms with Crippen LogP contribution in [0.4, 0.5) is 10.5 Å². The standard InChI is InChI=1S/C16H22N2O3/c1-3-11-9-14(11)18-16(21)17-13-6-4-12(5-7-13)10(2)8-15(19)20/h4-7,10-11,14H,3,8-9H2,1-2H3,(H,19,20)(H2,17,18,21). The predicted molar refractivity (Wildman–Crippen MR) is 81.5 cm³/mol. The van der Waals surface area contributed by atoms with Gasteiger partial charge in [-0.1, -0.05) is 32.4 Å². The number of carbonyl (C=O) groups excluding carboxylic acids is 1. The monoisotopic (exact) mass is 290 g/mol. The summed E-state index contributed by atoms with van der Waals surface area (Å²) in [5, 5.41) is 14.5. The number of hydrogen-bond acceptors (Lipinski definition) is 2. The third-order valence-electron chi connectivity index (χ3n) is 3.98. The summed E-state index contributed by atoms with van der Waals surface area (Å²) in [6.45, 7) is 4.00. The van der Waals surface area contributed by atoms with E-state index in [1.807, 2.05) is 19.1 Å². The van der Waals surface area contributed by atoms with E-state index in [-0.39, 0.29) is 18.4 Å². The largest absolute Gasteiger partial charge is 0.481 e. The van der Waals surface area contributed by atoms with Crippen LogP contribution in [0.2, 0.25) is 0 Å². The van der Waals surface area contributed by atoms with E-state index in [0.717, 1.165) is 18.4 Å². The highest BCUT2D eigenvalue weighted by atomic mass is 16.4. The Morgan fingerprint density at radius 1 is 1.33 bits per heavy atom. The molecule has 2 amide bonds. The molecule has 1 fully saturated rings. The number of carboxylic acid groups (broad SMARTS) is 1. The summed E-state index contributed by atoms with van der Waals surface area (Å²) in [7, 11) is 0. The number of hydrogen-bond donors (Lipinski definition) is 3. The Balaban J connectivity index is 1.84. The van der Waals surface area contributed by atoms with E-state index in [1.165, 1.54) is 0 Å². The van der Waals surface area contributed by atoms with E-state index in [2.05, 4.69) is 17.6 Å². The second-order valence-corrected chi connectivity index (χ2v) is 5.73. The van der Waals surface area contributed by atoms with Gasteiger partial charge < -0.3 is 15.7 Å². The molecule has 21 heavy (non-hydrogen) atoms. The fourth-order valence-electron chi connectivity index (χ4n) is 2.49. The van der Waals surface area contributed by atoms with E-state index in [9.17, 15) is 9.59 Å². The van der Waals surface area contributed by atoms with Gasteiger partial charge in [0.1, 0.15) is 0 Å². The molecule has 0 aromatic heterocycles. The lowest BCUT2D eigenvalue weighted by atomic mass is 9.98. The van der Waals surface area contributed by atoms with Gasteiger partial charge in [0, 0.05) is 11.7 Å². The molecule has 0 radical (unpaired) electrons. The lowest BCUT2D eigenvalue weighted by Crippen LogP contribution is -2.31. The first-order valence-corrected chi connectivity index (χ1v) is 7.38. The maximum Gasteiger partial charge on any atom is 0.319 e. The van der Waals surface area contributed by atoms with Gasteiger partial charge in [0.2, 0.25) is 0 Å². The zero-order chi connectivity index (χ0) is 15.4. The fraction of sp³-hybridized carbons (Fsp3) is 0.500. The second kappa shape index (κ2) is 6.61. The van der Waals surface area contributed by atoms with Crippen LogP contribution in [-0.2, 0) is 4.79 Å². The molecular formula is C16H22N2O3. The number of rotatable bonds is 6. The van der Waals surface area contributed by atoms with E-state index < -0.39 is 5.97 Å². The highest BCUT2D eigenvalue weighted by Gasteiger charge is 2.36. The second-order valence-electron chi connectivity index (χ2n) is 5.73. The van der Waals surface area contributed by atoms with Crippen molar-refractivity contribution in [3.8, 4) is 0 Å². The molecule has 0 heterocycles. The van der Waals surface area contributed by atoms with Crippen LogP contribution in [0.15, 0.2) is 24.3 Å². The quantitative estimate of drug-likeness (QED) is 0.753. The molecule has 3 N–H and O–H groups in total. The zero-order valence-electron chi connectivity index (χ0n) is 12.4. The van der Waals surface area contributed by atoms with Crippen LogP contribution in [0.25, 0.3) is 0 Å². The molecule has 1 aliphatic rings. The van der Waals surface area contributed by atoms with Crippen molar-refractivity contribution in [2.24, 2.45) is 5.92 Å². The number of amides is 2. The first-order chi connectivity index (χ1) is 9.99. The lowest BCUT2D eigenvalue weighted by molar-refractivity contribution is -0.137. The molecule has 1 aromatic rings. The van der Waals surface area contributed by atoms with E-state index in [0.29, 0.717) is 17.6 Å². The highest BCUT2D eigenvalue weighted by molar-refractivity contribution is 5.89. The maximum atomic E-state index is 11.8. The van der Waals surface area contributed by atoms with Crippen molar-refractivity contribution in [1.82, 2.24) is 5.32 Å². The fourth-order valence-corrected chi connectivity index (χ4v) is 2.49. The average Bonchev–Trinajstić information content (AvgIpc) is 3.16. The summed E-state index contributed by atoms with van der Waals surface area (Å²) in [5.74, 6) is -0.226. The molecule has 0 bridgehead atoms.